The third-order valence-corrected chi connectivity index (χ3v) is 7.05. The predicted molar refractivity (Wildman–Crippen MR) is 138 cm³/mol. The Morgan fingerprint density at radius 3 is 2.20 bits per heavy atom. The van der Waals surface area contributed by atoms with Crippen molar-refractivity contribution in [2.75, 3.05) is 69.2 Å². The Kier molecular flexibility index (Phi) is 11.8. The minimum atomic E-state index is -5.08. The molecular formula is C25H40F6N6O3. The molecule has 2 aliphatic rings. The topological polar surface area (TPSA) is 94.1 Å². The van der Waals surface area contributed by atoms with Crippen molar-refractivity contribution in [2.24, 2.45) is 5.92 Å². The number of piperazine rings is 1. The van der Waals surface area contributed by atoms with Gasteiger partial charge in [0.25, 0.3) is 0 Å². The van der Waals surface area contributed by atoms with E-state index in [-0.39, 0.29) is 17.3 Å². The van der Waals surface area contributed by atoms with Gasteiger partial charge in [0, 0.05) is 63.5 Å². The number of nitrogens with zero attached hydrogens (tertiary/aromatic N) is 5. The summed E-state index contributed by atoms with van der Waals surface area (Å²) in [6.07, 6.45) is -8.79. The summed E-state index contributed by atoms with van der Waals surface area (Å²) in [4.78, 5) is 23.3. The second kappa shape index (κ2) is 14.0. The maximum atomic E-state index is 13.6. The van der Waals surface area contributed by atoms with Crippen LogP contribution in [0.1, 0.15) is 46.9 Å². The van der Waals surface area contributed by atoms with Crippen LogP contribution in [-0.4, -0.2) is 108 Å². The number of rotatable bonds is 7. The highest BCUT2D eigenvalue weighted by molar-refractivity contribution is 5.73. The third kappa shape index (κ3) is 10.2. The molecule has 230 valence electrons. The van der Waals surface area contributed by atoms with E-state index in [0.717, 1.165) is 32.6 Å². The van der Waals surface area contributed by atoms with Gasteiger partial charge in [0.15, 0.2) is 0 Å². The Balaban J connectivity index is 0.000000708. The van der Waals surface area contributed by atoms with Gasteiger partial charge in [-0.3, -0.25) is 9.80 Å². The number of aliphatic carboxylic acids is 1. The molecule has 0 spiro atoms. The van der Waals surface area contributed by atoms with Crippen LogP contribution in [0, 0.1) is 5.92 Å². The van der Waals surface area contributed by atoms with Crippen molar-refractivity contribution in [2.45, 2.75) is 65.0 Å². The zero-order chi connectivity index (χ0) is 30.3. The van der Waals surface area contributed by atoms with Crippen molar-refractivity contribution < 1.29 is 41.0 Å². The van der Waals surface area contributed by atoms with Gasteiger partial charge in [-0.15, -0.1) is 0 Å². The molecule has 2 aliphatic heterocycles. The van der Waals surface area contributed by atoms with E-state index in [4.69, 9.17) is 14.6 Å². The molecule has 0 bridgehead atoms. The second-order valence-corrected chi connectivity index (χ2v) is 10.8. The van der Waals surface area contributed by atoms with Crippen LogP contribution in [0.5, 0.6) is 0 Å². The lowest BCUT2D eigenvalue weighted by Gasteiger charge is -2.45. The quantitative estimate of drug-likeness (QED) is 0.456. The van der Waals surface area contributed by atoms with Crippen molar-refractivity contribution in [3.63, 3.8) is 0 Å². The average molecular weight is 587 g/mol. The Morgan fingerprint density at radius 1 is 1.10 bits per heavy atom. The van der Waals surface area contributed by atoms with Crippen LogP contribution in [0.2, 0.25) is 0 Å². The molecule has 2 fully saturated rings. The highest BCUT2D eigenvalue weighted by atomic mass is 19.4. The summed E-state index contributed by atoms with van der Waals surface area (Å²) >= 11 is 0. The molecule has 1 unspecified atom stereocenters. The van der Waals surface area contributed by atoms with Crippen molar-refractivity contribution in [1.82, 2.24) is 19.8 Å². The van der Waals surface area contributed by atoms with Gasteiger partial charge < -0.3 is 20.1 Å². The fourth-order valence-electron chi connectivity index (χ4n) is 4.41. The number of carbonyl (C=O) groups is 1. The van der Waals surface area contributed by atoms with Crippen LogP contribution in [0.4, 0.5) is 38.0 Å². The molecule has 3 heterocycles. The fourth-order valence-corrected chi connectivity index (χ4v) is 4.41. The molecule has 40 heavy (non-hydrogen) atoms. The SMILES string of the molecule is CCC1COCCN(c2cc(NCC(C)(C)N3CCN(C(C)C)CC3)nc(C(F)(F)F)n2)C1.O=C(O)C(F)(F)F. The Morgan fingerprint density at radius 2 is 1.70 bits per heavy atom. The van der Waals surface area contributed by atoms with Crippen LogP contribution in [-0.2, 0) is 15.7 Å². The lowest BCUT2D eigenvalue weighted by molar-refractivity contribution is -0.192. The number of hydrogen-bond donors (Lipinski definition) is 2. The number of alkyl halides is 6. The molecule has 0 amide bonds. The van der Waals surface area contributed by atoms with Gasteiger partial charge in [-0.1, -0.05) is 6.92 Å². The molecule has 15 heteroatoms. The van der Waals surface area contributed by atoms with Crippen LogP contribution in [0.15, 0.2) is 6.07 Å². The molecule has 2 N–H and O–H groups in total. The number of aromatic nitrogens is 2. The summed E-state index contributed by atoms with van der Waals surface area (Å²) in [5.41, 5.74) is -0.226. The van der Waals surface area contributed by atoms with E-state index >= 15 is 0 Å². The Bertz CT molecular complexity index is 952. The summed E-state index contributed by atoms with van der Waals surface area (Å²) in [5.74, 6) is -3.10. The average Bonchev–Trinajstić information content (AvgIpc) is 3.13. The predicted octanol–water partition coefficient (Wildman–Crippen LogP) is 4.21. The normalized spacial score (nSPS) is 20.1. The number of nitrogens with one attached hydrogen (secondary N) is 1. The second-order valence-electron chi connectivity index (χ2n) is 10.8. The minimum absolute atomic E-state index is 0.208. The highest BCUT2D eigenvalue weighted by Crippen LogP contribution is 2.30. The smallest absolute Gasteiger partial charge is 0.475 e. The summed E-state index contributed by atoms with van der Waals surface area (Å²) < 4.78 is 78.2. The first-order valence-corrected chi connectivity index (χ1v) is 13.3. The first-order valence-electron chi connectivity index (χ1n) is 13.3. The van der Waals surface area contributed by atoms with E-state index in [9.17, 15) is 26.3 Å². The number of ether oxygens (including phenoxy) is 1. The maximum absolute atomic E-state index is 13.6. The maximum Gasteiger partial charge on any atom is 0.490 e. The van der Waals surface area contributed by atoms with Crippen molar-refractivity contribution in [3.05, 3.63) is 11.9 Å². The molecule has 9 nitrogen and oxygen atoms in total. The van der Waals surface area contributed by atoms with Gasteiger partial charge in [-0.2, -0.15) is 26.3 Å². The van der Waals surface area contributed by atoms with Crippen molar-refractivity contribution in [1.29, 1.82) is 0 Å². The van der Waals surface area contributed by atoms with Crippen molar-refractivity contribution >= 4 is 17.6 Å². The van der Waals surface area contributed by atoms with E-state index in [1.54, 1.807) is 6.07 Å². The minimum Gasteiger partial charge on any atom is -0.475 e. The molecule has 0 radical (unpaired) electrons. The Labute approximate surface area is 230 Å². The molecule has 3 rings (SSSR count). The number of halogens is 6. The first kappa shape index (κ1) is 33.8. The Hall–Kier alpha value is -2.39. The molecular weight excluding hydrogens is 546 g/mol. The van der Waals surface area contributed by atoms with E-state index in [0.29, 0.717) is 44.7 Å². The highest BCUT2D eigenvalue weighted by Gasteiger charge is 2.38. The van der Waals surface area contributed by atoms with Gasteiger partial charge in [-0.25, -0.2) is 14.8 Å². The number of carboxylic acids is 1. The van der Waals surface area contributed by atoms with Gasteiger partial charge in [0.1, 0.15) is 11.6 Å². The zero-order valence-electron chi connectivity index (χ0n) is 23.6. The van der Waals surface area contributed by atoms with Crippen LogP contribution in [0.3, 0.4) is 0 Å². The lowest BCUT2D eigenvalue weighted by Crippen LogP contribution is -2.58. The van der Waals surface area contributed by atoms with Gasteiger partial charge in [-0.05, 0) is 40.0 Å². The molecule has 0 aliphatic carbocycles. The number of anilines is 2. The molecule has 1 atom stereocenters. The molecule has 0 saturated carbocycles. The van der Waals surface area contributed by atoms with Gasteiger partial charge in [0.2, 0.25) is 5.82 Å². The first-order chi connectivity index (χ1) is 18.4. The van der Waals surface area contributed by atoms with Crippen LogP contribution >= 0.6 is 0 Å². The van der Waals surface area contributed by atoms with Crippen LogP contribution in [0.25, 0.3) is 0 Å². The summed E-state index contributed by atoms with van der Waals surface area (Å²) in [6.45, 7) is 17.3. The summed E-state index contributed by atoms with van der Waals surface area (Å²) in [7, 11) is 0. The van der Waals surface area contributed by atoms with E-state index in [1.807, 2.05) is 4.90 Å². The summed E-state index contributed by atoms with van der Waals surface area (Å²) in [5, 5.41) is 10.3. The molecule has 1 aromatic heterocycles. The fraction of sp³-hybridized carbons (Fsp3) is 0.800. The van der Waals surface area contributed by atoms with Crippen molar-refractivity contribution in [3.8, 4) is 0 Å². The molecule has 2 saturated heterocycles. The monoisotopic (exact) mass is 586 g/mol. The molecule has 1 aromatic rings. The molecule has 0 aromatic carbocycles. The number of carboxylic acid groups (broad SMARTS) is 1. The third-order valence-electron chi connectivity index (χ3n) is 7.05. The van der Waals surface area contributed by atoms with E-state index < -0.39 is 24.1 Å². The lowest BCUT2D eigenvalue weighted by atomic mass is 10.0. The van der Waals surface area contributed by atoms with Gasteiger partial charge in [0.05, 0.1) is 13.2 Å². The van der Waals surface area contributed by atoms with E-state index in [2.05, 4.69) is 59.7 Å². The summed E-state index contributed by atoms with van der Waals surface area (Å²) in [6, 6.07) is 2.16. The van der Waals surface area contributed by atoms with E-state index in [1.165, 1.54) is 0 Å². The number of hydrogen-bond acceptors (Lipinski definition) is 8. The zero-order valence-corrected chi connectivity index (χ0v) is 23.6. The largest absolute Gasteiger partial charge is 0.490 e. The van der Waals surface area contributed by atoms with Crippen LogP contribution < -0.4 is 10.2 Å². The van der Waals surface area contributed by atoms with Gasteiger partial charge >= 0.3 is 18.3 Å². The standard InChI is InChI=1S/C23H39F3N6O.C2HF3O2/c1-6-18-14-31(11-12-33-15-18)20-13-19(28-21(29-20)23(24,25)26)27-16-22(4,5)32-9-7-30(8-10-32)17(2)3;3-2(4,5)1(6)7/h13,17-18H,6-12,14-16H2,1-5H3,(H,27,28,29);(H,6,7).